The van der Waals surface area contributed by atoms with Gasteiger partial charge in [-0.05, 0) is 42.2 Å². The average molecular weight is 388 g/mol. The molecule has 0 atom stereocenters. The van der Waals surface area contributed by atoms with Crippen LogP contribution in [0.15, 0.2) is 48.2 Å². The monoisotopic (exact) mass is 387 g/mol. The molecule has 0 spiro atoms. The highest BCUT2D eigenvalue weighted by molar-refractivity contribution is 6.42. The number of hydrogen-bond donors (Lipinski definition) is 2. The van der Waals surface area contributed by atoms with Crippen molar-refractivity contribution >= 4 is 40.5 Å². The molecule has 4 nitrogen and oxygen atoms in total. The van der Waals surface area contributed by atoms with Crippen LogP contribution in [0.3, 0.4) is 0 Å². The van der Waals surface area contributed by atoms with Crippen LogP contribution in [-0.2, 0) is 17.6 Å². The van der Waals surface area contributed by atoms with Crippen molar-refractivity contribution in [1.82, 2.24) is 0 Å². The zero-order chi connectivity index (χ0) is 19.1. The van der Waals surface area contributed by atoms with Gasteiger partial charge in [0.15, 0.2) is 0 Å². The summed E-state index contributed by atoms with van der Waals surface area (Å²) in [7, 11) is 0. The molecule has 134 valence electrons. The lowest BCUT2D eigenvalue weighted by Crippen LogP contribution is -2.17. The van der Waals surface area contributed by atoms with Crippen molar-refractivity contribution in [2.75, 3.05) is 10.6 Å². The first-order valence-electron chi connectivity index (χ1n) is 8.24. The van der Waals surface area contributed by atoms with E-state index in [1.807, 2.05) is 38.1 Å². The summed E-state index contributed by atoms with van der Waals surface area (Å²) in [4.78, 5) is 12.5. The Morgan fingerprint density at radius 3 is 2.31 bits per heavy atom. The Labute approximate surface area is 163 Å². The van der Waals surface area contributed by atoms with E-state index in [9.17, 15) is 10.1 Å². The molecule has 0 saturated carbocycles. The van der Waals surface area contributed by atoms with E-state index in [1.54, 1.807) is 18.2 Å². The van der Waals surface area contributed by atoms with Crippen molar-refractivity contribution < 1.29 is 4.79 Å². The molecule has 0 aliphatic heterocycles. The molecule has 0 aliphatic rings. The van der Waals surface area contributed by atoms with Gasteiger partial charge in [0.05, 0.1) is 10.0 Å². The third-order valence-corrected chi connectivity index (χ3v) is 4.64. The quantitative estimate of drug-likeness (QED) is 0.502. The minimum Gasteiger partial charge on any atom is -0.360 e. The fraction of sp³-hybridized carbons (Fsp3) is 0.200. The highest BCUT2D eigenvalue weighted by atomic mass is 35.5. The first kappa shape index (κ1) is 19.8. The number of para-hydroxylation sites is 1. The summed E-state index contributed by atoms with van der Waals surface area (Å²) >= 11 is 11.8. The lowest BCUT2D eigenvalue weighted by Gasteiger charge is -2.14. The molecule has 26 heavy (non-hydrogen) atoms. The van der Waals surface area contributed by atoms with E-state index in [0.29, 0.717) is 15.7 Å². The minimum atomic E-state index is -0.462. The lowest BCUT2D eigenvalue weighted by atomic mass is 10.0. The molecule has 0 aliphatic carbocycles. The maximum Gasteiger partial charge on any atom is 0.267 e. The largest absolute Gasteiger partial charge is 0.360 e. The van der Waals surface area contributed by atoms with E-state index < -0.39 is 5.91 Å². The molecule has 6 heteroatoms. The second kappa shape index (κ2) is 9.28. The van der Waals surface area contributed by atoms with Gasteiger partial charge in [-0.3, -0.25) is 4.79 Å². The second-order valence-electron chi connectivity index (χ2n) is 5.56. The van der Waals surface area contributed by atoms with Crippen LogP contribution >= 0.6 is 23.2 Å². The van der Waals surface area contributed by atoms with Gasteiger partial charge < -0.3 is 10.6 Å². The normalized spacial score (nSPS) is 11.0. The maximum absolute atomic E-state index is 12.5. The van der Waals surface area contributed by atoms with Crippen LogP contribution in [0.1, 0.15) is 25.0 Å². The fourth-order valence-electron chi connectivity index (χ4n) is 2.47. The molecule has 0 radical (unpaired) electrons. The summed E-state index contributed by atoms with van der Waals surface area (Å²) in [6.45, 7) is 4.05. The molecule has 2 aromatic rings. The number of nitriles is 1. The third-order valence-electron chi connectivity index (χ3n) is 3.91. The summed E-state index contributed by atoms with van der Waals surface area (Å²) in [5, 5.41) is 15.9. The predicted octanol–water partition coefficient (Wildman–Crippen LogP) is 5.58. The Morgan fingerprint density at radius 1 is 1.12 bits per heavy atom. The maximum atomic E-state index is 12.5. The lowest BCUT2D eigenvalue weighted by molar-refractivity contribution is -0.112. The number of hydrogen-bond acceptors (Lipinski definition) is 3. The first-order chi connectivity index (χ1) is 12.5. The summed E-state index contributed by atoms with van der Waals surface area (Å²) < 4.78 is 0. The van der Waals surface area contributed by atoms with Gasteiger partial charge in [0.25, 0.3) is 5.91 Å². The van der Waals surface area contributed by atoms with Crippen molar-refractivity contribution in [3.8, 4) is 6.07 Å². The number of nitrogens with zero attached hydrogens (tertiary/aromatic N) is 1. The fourth-order valence-corrected chi connectivity index (χ4v) is 2.77. The second-order valence-corrected chi connectivity index (χ2v) is 6.37. The molecular formula is C20H19Cl2N3O. The Bertz CT molecular complexity index is 863. The highest BCUT2D eigenvalue weighted by Gasteiger charge is 2.14. The van der Waals surface area contributed by atoms with Gasteiger partial charge in [0.1, 0.15) is 11.6 Å². The molecule has 0 heterocycles. The van der Waals surface area contributed by atoms with Gasteiger partial charge in [-0.15, -0.1) is 0 Å². The van der Waals surface area contributed by atoms with Crippen LogP contribution in [-0.4, -0.2) is 5.91 Å². The molecule has 2 N–H and O–H groups in total. The summed E-state index contributed by atoms with van der Waals surface area (Å²) in [6.07, 6.45) is 2.93. The first-order valence-corrected chi connectivity index (χ1v) is 8.99. The number of nitrogens with one attached hydrogen (secondary N) is 2. The Hall–Kier alpha value is -2.48. The number of carbonyl (C=O) groups is 1. The van der Waals surface area contributed by atoms with Crippen molar-refractivity contribution in [3.63, 3.8) is 0 Å². The SMILES string of the molecule is CCc1cccc(CC)c1NC(=O)/C(C#N)=C\Nc1ccc(Cl)c(Cl)c1. The van der Waals surface area contributed by atoms with Crippen LogP contribution in [0, 0.1) is 11.3 Å². The topological polar surface area (TPSA) is 64.9 Å². The highest BCUT2D eigenvalue weighted by Crippen LogP contribution is 2.25. The van der Waals surface area contributed by atoms with E-state index in [-0.39, 0.29) is 5.57 Å². The van der Waals surface area contributed by atoms with Gasteiger partial charge in [-0.1, -0.05) is 55.2 Å². The molecule has 2 rings (SSSR count). The number of rotatable bonds is 6. The summed E-state index contributed by atoms with van der Waals surface area (Å²) in [5.74, 6) is -0.462. The van der Waals surface area contributed by atoms with E-state index in [2.05, 4.69) is 10.6 Å². The average Bonchev–Trinajstić information content (AvgIpc) is 2.65. The summed E-state index contributed by atoms with van der Waals surface area (Å²) in [6, 6.07) is 12.8. The molecule has 0 saturated heterocycles. The molecule has 0 fully saturated rings. The van der Waals surface area contributed by atoms with Gasteiger partial charge in [0, 0.05) is 17.6 Å². The molecule has 0 unspecified atom stereocenters. The van der Waals surface area contributed by atoms with Crippen LogP contribution in [0.25, 0.3) is 0 Å². The number of halogens is 2. The predicted molar refractivity (Wildman–Crippen MR) is 108 cm³/mol. The minimum absolute atomic E-state index is 0.0379. The number of benzene rings is 2. The van der Waals surface area contributed by atoms with Crippen LogP contribution in [0.5, 0.6) is 0 Å². The van der Waals surface area contributed by atoms with Crippen LogP contribution in [0.2, 0.25) is 10.0 Å². The smallest absolute Gasteiger partial charge is 0.267 e. The van der Waals surface area contributed by atoms with Gasteiger partial charge in [-0.25, -0.2) is 0 Å². The van der Waals surface area contributed by atoms with E-state index in [4.69, 9.17) is 23.2 Å². The van der Waals surface area contributed by atoms with Crippen LogP contribution in [0.4, 0.5) is 11.4 Å². The standard InChI is InChI=1S/C20H19Cl2N3O/c1-3-13-6-5-7-14(4-2)19(13)25-20(26)15(11-23)12-24-16-8-9-17(21)18(22)10-16/h5-10,12,24H,3-4H2,1-2H3,(H,25,26)/b15-12-. The number of carbonyl (C=O) groups excluding carboxylic acids is 1. The van der Waals surface area contributed by atoms with Crippen molar-refractivity contribution in [2.45, 2.75) is 26.7 Å². The molecule has 1 amide bonds. The zero-order valence-corrected chi connectivity index (χ0v) is 16.1. The number of aryl methyl sites for hydroxylation is 2. The number of amides is 1. The van der Waals surface area contributed by atoms with Crippen LogP contribution < -0.4 is 10.6 Å². The van der Waals surface area contributed by atoms with Crippen molar-refractivity contribution in [3.05, 3.63) is 69.3 Å². The van der Waals surface area contributed by atoms with E-state index in [1.165, 1.54) is 6.20 Å². The third kappa shape index (κ3) is 4.78. The Morgan fingerprint density at radius 2 is 1.77 bits per heavy atom. The Kier molecular flexibility index (Phi) is 7.08. The molecule has 2 aromatic carbocycles. The number of anilines is 2. The van der Waals surface area contributed by atoms with E-state index >= 15 is 0 Å². The molecular weight excluding hydrogens is 369 g/mol. The summed E-state index contributed by atoms with van der Waals surface area (Å²) in [5.41, 5.74) is 3.44. The van der Waals surface area contributed by atoms with E-state index in [0.717, 1.165) is 29.7 Å². The molecule has 0 bridgehead atoms. The Balaban J connectivity index is 2.21. The van der Waals surface area contributed by atoms with Gasteiger partial charge in [0.2, 0.25) is 0 Å². The van der Waals surface area contributed by atoms with Crippen molar-refractivity contribution in [2.24, 2.45) is 0 Å². The zero-order valence-electron chi connectivity index (χ0n) is 14.6. The van der Waals surface area contributed by atoms with Crippen molar-refractivity contribution in [1.29, 1.82) is 5.26 Å². The van der Waals surface area contributed by atoms with Gasteiger partial charge >= 0.3 is 0 Å². The van der Waals surface area contributed by atoms with Gasteiger partial charge in [-0.2, -0.15) is 5.26 Å². The molecule has 0 aromatic heterocycles.